The molecule has 0 saturated carbocycles. The lowest BCUT2D eigenvalue weighted by molar-refractivity contribution is 0.102. The molecule has 2 rings (SSSR count). The van der Waals surface area contributed by atoms with E-state index in [2.05, 4.69) is 24.1 Å². The van der Waals surface area contributed by atoms with Crippen molar-refractivity contribution in [2.45, 2.75) is 51.7 Å². The topological polar surface area (TPSA) is 54.4 Å². The maximum absolute atomic E-state index is 9.78. The molecule has 1 aromatic rings. The van der Waals surface area contributed by atoms with Crippen LogP contribution in [0.15, 0.2) is 12.3 Å². The molecule has 1 heterocycles. The van der Waals surface area contributed by atoms with Crippen LogP contribution in [0.2, 0.25) is 0 Å². The molecule has 0 saturated heterocycles. The Morgan fingerprint density at radius 1 is 1.30 bits per heavy atom. The molecule has 2 N–H and O–H groups in total. The number of pyridine rings is 1. The molecular formula is C15H25ClN2O2. The molecule has 0 radical (unpaired) electrons. The quantitative estimate of drug-likeness (QED) is 0.845. The number of fused-ring (bicyclic) bond motifs is 1. The van der Waals surface area contributed by atoms with Crippen LogP contribution in [-0.2, 0) is 12.8 Å². The molecule has 0 spiro atoms. The average Bonchev–Trinajstić information content (AvgIpc) is 2.42. The molecule has 20 heavy (non-hydrogen) atoms. The van der Waals surface area contributed by atoms with Crippen LogP contribution in [0.1, 0.15) is 37.8 Å². The number of ether oxygens (including phenoxy) is 1. The normalized spacial score (nSPS) is 15.4. The van der Waals surface area contributed by atoms with Crippen LogP contribution in [0.4, 0.5) is 0 Å². The van der Waals surface area contributed by atoms with Gasteiger partial charge in [0.25, 0.3) is 0 Å². The first-order valence-corrected chi connectivity index (χ1v) is 7.17. The van der Waals surface area contributed by atoms with E-state index in [-0.39, 0.29) is 19.0 Å². The van der Waals surface area contributed by atoms with E-state index in [0.29, 0.717) is 18.5 Å². The lowest BCUT2D eigenvalue weighted by Crippen LogP contribution is -2.35. The fraction of sp³-hybridized carbons (Fsp3) is 0.667. The number of aromatic nitrogens is 1. The van der Waals surface area contributed by atoms with E-state index in [9.17, 15) is 5.11 Å². The summed E-state index contributed by atoms with van der Waals surface area (Å²) in [6, 6.07) is 2.40. The minimum Gasteiger partial charge on any atom is -0.475 e. The van der Waals surface area contributed by atoms with Gasteiger partial charge < -0.3 is 15.2 Å². The molecule has 5 heteroatoms. The van der Waals surface area contributed by atoms with E-state index in [1.165, 1.54) is 24.0 Å². The van der Waals surface area contributed by atoms with Crippen molar-refractivity contribution in [3.05, 3.63) is 23.4 Å². The summed E-state index contributed by atoms with van der Waals surface area (Å²) in [5, 5.41) is 13.0. The van der Waals surface area contributed by atoms with Crippen LogP contribution in [0.5, 0.6) is 5.88 Å². The molecule has 114 valence electrons. The fourth-order valence-electron chi connectivity index (χ4n) is 2.28. The van der Waals surface area contributed by atoms with Crippen molar-refractivity contribution in [2.24, 2.45) is 0 Å². The van der Waals surface area contributed by atoms with Crippen LogP contribution in [0.25, 0.3) is 0 Å². The SMILES string of the molecule is CC(C)NCC(O)COc1cc2c(cn1)CCCC2.Cl. The van der Waals surface area contributed by atoms with Crippen molar-refractivity contribution < 1.29 is 9.84 Å². The van der Waals surface area contributed by atoms with Gasteiger partial charge in [0.1, 0.15) is 12.7 Å². The molecule has 1 atom stereocenters. The van der Waals surface area contributed by atoms with Crippen molar-refractivity contribution in [2.75, 3.05) is 13.2 Å². The summed E-state index contributed by atoms with van der Waals surface area (Å²) in [6.07, 6.45) is 6.17. The van der Waals surface area contributed by atoms with Crippen molar-refractivity contribution in [3.63, 3.8) is 0 Å². The minimum atomic E-state index is -0.500. The zero-order valence-electron chi connectivity index (χ0n) is 12.3. The smallest absolute Gasteiger partial charge is 0.213 e. The number of rotatable bonds is 6. The second-order valence-corrected chi connectivity index (χ2v) is 5.53. The van der Waals surface area contributed by atoms with Crippen molar-refractivity contribution in [1.29, 1.82) is 0 Å². The van der Waals surface area contributed by atoms with Gasteiger partial charge in [-0.15, -0.1) is 12.4 Å². The molecule has 0 fully saturated rings. The van der Waals surface area contributed by atoms with Gasteiger partial charge in [-0.25, -0.2) is 4.98 Å². The summed E-state index contributed by atoms with van der Waals surface area (Å²) in [5.74, 6) is 0.629. The molecule has 0 bridgehead atoms. The highest BCUT2D eigenvalue weighted by Gasteiger charge is 2.12. The molecular weight excluding hydrogens is 276 g/mol. The molecule has 0 amide bonds. The van der Waals surface area contributed by atoms with Crippen molar-refractivity contribution in [1.82, 2.24) is 10.3 Å². The summed E-state index contributed by atoms with van der Waals surface area (Å²) in [7, 11) is 0. The Hall–Kier alpha value is -0.840. The third kappa shape index (κ3) is 5.27. The minimum absolute atomic E-state index is 0. The molecule has 0 aliphatic heterocycles. The maximum atomic E-state index is 9.78. The fourth-order valence-corrected chi connectivity index (χ4v) is 2.28. The van der Waals surface area contributed by atoms with Gasteiger partial charge in [0.2, 0.25) is 5.88 Å². The third-order valence-electron chi connectivity index (χ3n) is 3.39. The van der Waals surface area contributed by atoms with Crippen LogP contribution in [0.3, 0.4) is 0 Å². The van der Waals surface area contributed by atoms with E-state index < -0.39 is 6.10 Å². The van der Waals surface area contributed by atoms with Crippen LogP contribution >= 0.6 is 12.4 Å². The highest BCUT2D eigenvalue weighted by molar-refractivity contribution is 5.85. The molecule has 0 aromatic carbocycles. The van der Waals surface area contributed by atoms with Gasteiger partial charge >= 0.3 is 0 Å². The van der Waals surface area contributed by atoms with E-state index >= 15 is 0 Å². The average molecular weight is 301 g/mol. The number of aliphatic hydroxyl groups excluding tert-OH is 1. The highest BCUT2D eigenvalue weighted by Crippen LogP contribution is 2.23. The highest BCUT2D eigenvalue weighted by atomic mass is 35.5. The third-order valence-corrected chi connectivity index (χ3v) is 3.39. The number of hydrogen-bond acceptors (Lipinski definition) is 4. The lowest BCUT2D eigenvalue weighted by Gasteiger charge is -2.17. The number of nitrogens with zero attached hydrogens (tertiary/aromatic N) is 1. The number of aryl methyl sites for hydroxylation is 2. The predicted octanol–water partition coefficient (Wildman–Crippen LogP) is 2.12. The van der Waals surface area contributed by atoms with Gasteiger partial charge in [-0.3, -0.25) is 0 Å². The molecule has 4 nitrogen and oxygen atoms in total. The Kier molecular flexibility index (Phi) is 7.27. The standard InChI is InChI=1S/C15H24N2O2.ClH/c1-11(2)16-9-14(18)10-19-15-7-12-5-3-4-6-13(12)8-17-15;/h7-8,11,14,16,18H,3-6,9-10H2,1-2H3;1H. The number of halogens is 1. The molecule has 1 unspecified atom stereocenters. The number of nitrogens with one attached hydrogen (secondary N) is 1. The molecule has 1 aliphatic rings. The van der Waals surface area contributed by atoms with Crippen LogP contribution in [0, 0.1) is 0 Å². The van der Waals surface area contributed by atoms with Crippen molar-refractivity contribution >= 4 is 12.4 Å². The van der Waals surface area contributed by atoms with Crippen LogP contribution in [-0.4, -0.2) is 35.4 Å². The molecule has 1 aliphatic carbocycles. The van der Waals surface area contributed by atoms with Crippen molar-refractivity contribution in [3.8, 4) is 5.88 Å². The first-order chi connectivity index (χ1) is 9.15. The second kappa shape index (κ2) is 8.45. The summed E-state index contributed by atoms with van der Waals surface area (Å²) >= 11 is 0. The lowest BCUT2D eigenvalue weighted by atomic mass is 9.94. The maximum Gasteiger partial charge on any atom is 0.213 e. The van der Waals surface area contributed by atoms with E-state index in [0.717, 1.165) is 12.8 Å². The summed E-state index contributed by atoms with van der Waals surface area (Å²) in [4.78, 5) is 4.31. The van der Waals surface area contributed by atoms with Crippen LogP contribution < -0.4 is 10.1 Å². The van der Waals surface area contributed by atoms with E-state index in [4.69, 9.17) is 4.74 Å². The van der Waals surface area contributed by atoms with Gasteiger partial charge in [0.15, 0.2) is 0 Å². The number of hydrogen-bond donors (Lipinski definition) is 2. The Morgan fingerprint density at radius 3 is 2.70 bits per heavy atom. The monoisotopic (exact) mass is 300 g/mol. The summed E-state index contributed by atoms with van der Waals surface area (Å²) in [6.45, 7) is 4.94. The predicted molar refractivity (Wildman–Crippen MR) is 82.8 cm³/mol. The Morgan fingerprint density at radius 2 is 2.00 bits per heavy atom. The van der Waals surface area contributed by atoms with Gasteiger partial charge in [-0.1, -0.05) is 13.8 Å². The zero-order chi connectivity index (χ0) is 13.7. The van der Waals surface area contributed by atoms with Gasteiger partial charge in [0, 0.05) is 24.8 Å². The first-order valence-electron chi connectivity index (χ1n) is 7.17. The first kappa shape index (κ1) is 17.2. The summed E-state index contributed by atoms with van der Waals surface area (Å²) < 4.78 is 5.57. The molecule has 1 aromatic heterocycles. The Labute approximate surface area is 127 Å². The second-order valence-electron chi connectivity index (χ2n) is 5.53. The largest absolute Gasteiger partial charge is 0.475 e. The Balaban J connectivity index is 0.00000200. The Bertz CT molecular complexity index is 413. The van der Waals surface area contributed by atoms with E-state index in [1.807, 2.05) is 12.3 Å². The van der Waals surface area contributed by atoms with Gasteiger partial charge in [0.05, 0.1) is 0 Å². The van der Waals surface area contributed by atoms with E-state index in [1.54, 1.807) is 0 Å². The number of aliphatic hydroxyl groups is 1. The van der Waals surface area contributed by atoms with Gasteiger partial charge in [-0.05, 0) is 36.8 Å². The van der Waals surface area contributed by atoms with Gasteiger partial charge in [-0.2, -0.15) is 0 Å². The summed E-state index contributed by atoms with van der Waals surface area (Å²) in [5.41, 5.74) is 2.70. The zero-order valence-corrected chi connectivity index (χ0v) is 13.1.